The quantitative estimate of drug-likeness (QED) is 0.169. The second kappa shape index (κ2) is 16.9. The zero-order valence-corrected chi connectivity index (χ0v) is 31.9. The van der Waals surface area contributed by atoms with Gasteiger partial charge in [-0.2, -0.15) is 0 Å². The molecule has 0 radical (unpaired) electrons. The van der Waals surface area contributed by atoms with E-state index >= 15 is 0 Å². The molecule has 262 valence electrons. The Balaban J connectivity index is 1.45. The van der Waals surface area contributed by atoms with E-state index in [0.29, 0.717) is 25.0 Å². The Bertz CT molecular complexity index is 1220. The average molecular weight is 687 g/mol. The third kappa shape index (κ3) is 9.68. The highest BCUT2D eigenvalue weighted by Gasteiger charge is 2.46. The highest BCUT2D eigenvalue weighted by molar-refractivity contribution is 7.31. The molecule has 2 aromatic heterocycles. The maximum absolute atomic E-state index is 9.84. The molecule has 2 fully saturated rings. The van der Waals surface area contributed by atoms with Crippen LogP contribution in [0.4, 0.5) is 0 Å². The van der Waals surface area contributed by atoms with Crippen LogP contribution in [0.3, 0.4) is 0 Å². The molecule has 5 rings (SSSR count). The predicted octanol–water partition coefficient (Wildman–Crippen LogP) is 8.42. The summed E-state index contributed by atoms with van der Waals surface area (Å²) < 4.78 is 34.2. The van der Waals surface area contributed by atoms with E-state index in [0.717, 1.165) is 77.3 Å². The van der Waals surface area contributed by atoms with Crippen LogP contribution < -0.4 is 14.3 Å². The van der Waals surface area contributed by atoms with Gasteiger partial charge in [-0.15, -0.1) is 22.7 Å². The molecule has 3 aliphatic rings. The van der Waals surface area contributed by atoms with Gasteiger partial charge < -0.3 is 28.5 Å². The van der Waals surface area contributed by atoms with Crippen LogP contribution in [0.1, 0.15) is 125 Å². The molecule has 0 saturated carbocycles. The van der Waals surface area contributed by atoms with Gasteiger partial charge in [0.15, 0.2) is 0 Å². The van der Waals surface area contributed by atoms with Crippen LogP contribution in [-0.2, 0) is 24.2 Å². The van der Waals surface area contributed by atoms with Gasteiger partial charge in [0.25, 0.3) is 0 Å². The van der Waals surface area contributed by atoms with Gasteiger partial charge in [-0.1, -0.05) is 87.0 Å². The number of fused-ring (bicyclic) bond motifs is 3. The summed E-state index contributed by atoms with van der Waals surface area (Å²) in [5, 5.41) is 9.84. The van der Waals surface area contributed by atoms with Crippen LogP contribution in [0.5, 0.6) is 5.75 Å². The van der Waals surface area contributed by atoms with Gasteiger partial charge in [0.1, 0.15) is 11.4 Å². The second-order valence-corrected chi connectivity index (χ2v) is 18.3. The van der Waals surface area contributed by atoms with Crippen LogP contribution in [0.15, 0.2) is 12.1 Å². The Hall–Kier alpha value is -0.870. The van der Waals surface area contributed by atoms with Crippen LogP contribution in [-0.4, -0.2) is 52.4 Å². The van der Waals surface area contributed by atoms with Crippen molar-refractivity contribution in [3.8, 4) is 15.5 Å². The molecule has 5 heterocycles. The second-order valence-electron chi connectivity index (χ2n) is 16.1. The lowest BCUT2D eigenvalue weighted by molar-refractivity contribution is -0.0143. The zero-order chi connectivity index (χ0) is 33.6. The number of hydrogen-bond donors (Lipinski definition) is 1. The van der Waals surface area contributed by atoms with Crippen LogP contribution in [0.2, 0.25) is 0 Å². The Morgan fingerprint density at radius 2 is 1.26 bits per heavy atom. The molecule has 0 spiro atoms. The topological polar surface area (TPSA) is 66.4 Å². The van der Waals surface area contributed by atoms with Gasteiger partial charge in [-0.05, 0) is 67.9 Å². The van der Waals surface area contributed by atoms with Crippen molar-refractivity contribution < 1.29 is 28.5 Å². The number of hydrogen-bond acceptors (Lipinski definition) is 8. The Morgan fingerprint density at radius 1 is 0.723 bits per heavy atom. The molecule has 2 aromatic rings. The van der Waals surface area contributed by atoms with Crippen molar-refractivity contribution in [2.75, 3.05) is 33.0 Å². The lowest BCUT2D eigenvalue weighted by atomic mass is 9.77. The summed E-state index contributed by atoms with van der Waals surface area (Å²) in [5.74, 6) is 3.76. The molecular formula is C37H60B2O6S2. The molecule has 0 aliphatic carbocycles. The molecule has 2 saturated heterocycles. The number of aliphatic hydroxyl groups is 1. The van der Waals surface area contributed by atoms with E-state index in [2.05, 4.69) is 53.7 Å². The largest absolute Gasteiger partial charge is 0.504 e. The zero-order valence-electron chi connectivity index (χ0n) is 30.2. The standard InChI is InChI=1S/C37H60B2O6S2/c1-26(2)11-8-13-28(5)15-17-37(18-16-29(6)14-9-12-27(3)4)30-21-32(38-41-19-10-20-42-38)46-34(30)35-31(45-37)22-33(47-35)39-43-24-36(7,23-40)25-44-39/h21-22,26-29,40H,8-20,23-25H2,1-7H3. The smallest absolute Gasteiger partial charge is 0.481 e. The van der Waals surface area contributed by atoms with E-state index < -0.39 is 12.7 Å². The van der Waals surface area contributed by atoms with E-state index in [1.165, 1.54) is 49.0 Å². The summed E-state index contributed by atoms with van der Waals surface area (Å²) in [7, 11) is -0.760. The van der Waals surface area contributed by atoms with Crippen molar-refractivity contribution in [3.63, 3.8) is 0 Å². The summed E-state index contributed by atoms with van der Waals surface area (Å²) >= 11 is 3.54. The van der Waals surface area contributed by atoms with Crippen LogP contribution in [0, 0.1) is 29.1 Å². The van der Waals surface area contributed by atoms with Gasteiger partial charge in [-0.3, -0.25) is 0 Å². The fraction of sp³-hybridized carbons (Fsp3) is 0.784. The van der Waals surface area contributed by atoms with Gasteiger partial charge in [0.2, 0.25) is 0 Å². The number of aliphatic hydroxyl groups excluding tert-OH is 1. The van der Waals surface area contributed by atoms with Crippen LogP contribution in [0.25, 0.3) is 9.75 Å². The van der Waals surface area contributed by atoms with Crippen molar-refractivity contribution in [1.82, 2.24) is 0 Å². The average Bonchev–Trinajstić information content (AvgIpc) is 3.69. The Morgan fingerprint density at radius 3 is 1.81 bits per heavy atom. The highest BCUT2D eigenvalue weighted by atomic mass is 32.1. The fourth-order valence-corrected chi connectivity index (χ4v) is 9.57. The van der Waals surface area contributed by atoms with Gasteiger partial charge in [-0.25, -0.2) is 0 Å². The fourth-order valence-electron chi connectivity index (χ4n) is 7.09. The maximum atomic E-state index is 9.84. The minimum atomic E-state index is -0.446. The molecule has 1 N–H and O–H groups in total. The van der Waals surface area contributed by atoms with Crippen LogP contribution >= 0.6 is 22.7 Å². The highest BCUT2D eigenvalue weighted by Crippen LogP contribution is 2.54. The molecule has 0 amide bonds. The third-order valence-electron chi connectivity index (χ3n) is 10.3. The van der Waals surface area contributed by atoms with Crippen molar-refractivity contribution in [2.45, 2.75) is 125 Å². The molecule has 10 heteroatoms. The third-order valence-corrected chi connectivity index (χ3v) is 12.8. The van der Waals surface area contributed by atoms with Gasteiger partial charge in [0.05, 0.1) is 16.4 Å². The number of ether oxygens (including phenoxy) is 1. The molecule has 2 atom stereocenters. The molecule has 0 bridgehead atoms. The van der Waals surface area contributed by atoms with E-state index in [9.17, 15) is 5.11 Å². The lowest BCUT2D eigenvalue weighted by Gasteiger charge is -2.39. The normalized spacial score (nSPS) is 22.3. The Labute approximate surface area is 293 Å². The van der Waals surface area contributed by atoms with Crippen molar-refractivity contribution in [2.24, 2.45) is 29.1 Å². The van der Waals surface area contributed by atoms with Crippen molar-refractivity contribution in [3.05, 3.63) is 17.7 Å². The maximum Gasteiger partial charge on any atom is 0.504 e. The predicted molar refractivity (Wildman–Crippen MR) is 199 cm³/mol. The van der Waals surface area contributed by atoms with Gasteiger partial charge in [0, 0.05) is 47.0 Å². The van der Waals surface area contributed by atoms with E-state index in [1.54, 1.807) is 11.3 Å². The Kier molecular flexibility index (Phi) is 13.4. The van der Waals surface area contributed by atoms with E-state index in [-0.39, 0.29) is 19.1 Å². The first-order valence-electron chi connectivity index (χ1n) is 18.6. The van der Waals surface area contributed by atoms with E-state index in [4.69, 9.17) is 23.4 Å². The summed E-state index contributed by atoms with van der Waals surface area (Å²) in [4.78, 5) is 2.46. The first kappa shape index (κ1) is 37.4. The molecule has 0 aromatic carbocycles. The number of rotatable bonds is 17. The molecule has 3 aliphatic heterocycles. The lowest BCUT2D eigenvalue weighted by Crippen LogP contribution is -2.49. The summed E-state index contributed by atoms with van der Waals surface area (Å²) in [6, 6.07) is 4.54. The first-order valence-corrected chi connectivity index (χ1v) is 20.2. The molecule has 6 nitrogen and oxygen atoms in total. The SMILES string of the molecule is CC(C)CCCC(C)CCC1(CCC(C)CCCC(C)C)Oc2cc(B3OCC(C)(CO)CO3)sc2-c2sc(B3OCCCO3)cc21. The molecular weight excluding hydrogens is 626 g/mol. The minimum absolute atomic E-state index is 0.0463. The minimum Gasteiger partial charge on any atom is -0.481 e. The van der Waals surface area contributed by atoms with E-state index in [1.807, 2.05) is 18.3 Å². The number of thiophene rings is 2. The monoisotopic (exact) mass is 686 g/mol. The van der Waals surface area contributed by atoms with Gasteiger partial charge >= 0.3 is 14.2 Å². The molecule has 47 heavy (non-hydrogen) atoms. The summed E-state index contributed by atoms with van der Waals surface area (Å²) in [6.07, 6.45) is 12.9. The first-order chi connectivity index (χ1) is 22.5. The molecule has 2 unspecified atom stereocenters. The van der Waals surface area contributed by atoms with Crippen molar-refractivity contribution in [1.29, 1.82) is 0 Å². The summed E-state index contributed by atoms with van der Waals surface area (Å²) in [6.45, 7) is 18.6. The summed E-state index contributed by atoms with van der Waals surface area (Å²) in [5.41, 5.74) is 0.553. The van der Waals surface area contributed by atoms with Crippen molar-refractivity contribution >= 4 is 46.5 Å².